The Hall–Kier alpha value is -2.75. The van der Waals surface area contributed by atoms with Crippen molar-refractivity contribution in [2.75, 3.05) is 18.5 Å². The molecule has 0 saturated heterocycles. The van der Waals surface area contributed by atoms with Crippen LogP contribution in [0, 0.1) is 0 Å². The van der Waals surface area contributed by atoms with Gasteiger partial charge in [0, 0.05) is 5.56 Å². The number of aryl methyl sites for hydroxylation is 1. The van der Waals surface area contributed by atoms with Crippen molar-refractivity contribution in [1.82, 2.24) is 25.5 Å². The Morgan fingerprint density at radius 1 is 1.35 bits per heavy atom. The van der Waals surface area contributed by atoms with Crippen molar-refractivity contribution in [3.63, 3.8) is 0 Å². The van der Waals surface area contributed by atoms with Gasteiger partial charge >= 0.3 is 0 Å². The van der Waals surface area contributed by atoms with E-state index < -0.39 is 0 Å². The van der Waals surface area contributed by atoms with Gasteiger partial charge in [-0.1, -0.05) is 5.10 Å². The summed E-state index contributed by atoms with van der Waals surface area (Å²) in [6.07, 6.45) is 0. The molecule has 0 radical (unpaired) electrons. The number of fused-ring (bicyclic) bond motifs is 1. The van der Waals surface area contributed by atoms with Crippen molar-refractivity contribution in [3.05, 3.63) is 23.8 Å². The average molecular weight is 334 g/mol. The van der Waals surface area contributed by atoms with Gasteiger partial charge in [0.05, 0.1) is 6.54 Å². The van der Waals surface area contributed by atoms with Gasteiger partial charge in [-0.2, -0.15) is 4.80 Å². The van der Waals surface area contributed by atoms with Crippen molar-refractivity contribution in [1.29, 1.82) is 0 Å². The second-order valence-electron chi connectivity index (χ2n) is 4.57. The van der Waals surface area contributed by atoms with E-state index in [0.29, 0.717) is 36.8 Å². The number of carbonyl (C=O) groups excluding carboxylic acids is 1. The molecule has 1 aliphatic heterocycles. The minimum atomic E-state index is -0.373. The molecule has 3 rings (SSSR count). The highest BCUT2D eigenvalue weighted by molar-refractivity contribution is 7.80. The number of nitrogens with one attached hydrogen (secondary N) is 2. The highest BCUT2D eigenvalue weighted by Crippen LogP contribution is 2.30. The van der Waals surface area contributed by atoms with Crippen LogP contribution in [0.15, 0.2) is 18.2 Å². The number of tetrazole rings is 1. The second kappa shape index (κ2) is 6.57. The van der Waals surface area contributed by atoms with E-state index in [9.17, 15) is 4.79 Å². The lowest BCUT2D eigenvalue weighted by Crippen LogP contribution is -2.34. The zero-order chi connectivity index (χ0) is 16.2. The lowest BCUT2D eigenvalue weighted by atomic mass is 10.2. The minimum absolute atomic E-state index is 0.0838. The van der Waals surface area contributed by atoms with E-state index in [1.807, 2.05) is 6.92 Å². The monoisotopic (exact) mass is 334 g/mol. The van der Waals surface area contributed by atoms with Crippen LogP contribution in [0.5, 0.6) is 11.5 Å². The van der Waals surface area contributed by atoms with Gasteiger partial charge in [0.25, 0.3) is 11.9 Å². The van der Waals surface area contributed by atoms with Crippen LogP contribution in [0.4, 0.5) is 5.95 Å². The summed E-state index contributed by atoms with van der Waals surface area (Å²) in [5.74, 6) is 1.01. The number of anilines is 1. The minimum Gasteiger partial charge on any atom is -0.486 e. The summed E-state index contributed by atoms with van der Waals surface area (Å²) in [6, 6.07) is 4.93. The van der Waals surface area contributed by atoms with Crippen LogP contribution in [0.3, 0.4) is 0 Å². The third-order valence-corrected chi connectivity index (χ3v) is 3.20. The van der Waals surface area contributed by atoms with Gasteiger partial charge in [-0.05, 0) is 42.6 Å². The predicted molar refractivity (Wildman–Crippen MR) is 84.6 cm³/mol. The number of thiocarbonyl (C=S) groups is 1. The first-order chi connectivity index (χ1) is 11.2. The highest BCUT2D eigenvalue weighted by Gasteiger charge is 2.16. The molecule has 0 atom stereocenters. The van der Waals surface area contributed by atoms with Crippen LogP contribution in [0.2, 0.25) is 0 Å². The maximum atomic E-state index is 12.2. The van der Waals surface area contributed by atoms with E-state index in [1.165, 1.54) is 4.80 Å². The summed E-state index contributed by atoms with van der Waals surface area (Å²) < 4.78 is 10.9. The van der Waals surface area contributed by atoms with Gasteiger partial charge in [-0.3, -0.25) is 15.4 Å². The lowest BCUT2D eigenvalue weighted by molar-refractivity contribution is 0.0976. The molecule has 2 N–H and O–H groups in total. The maximum Gasteiger partial charge on any atom is 0.269 e. The molecule has 0 spiro atoms. The lowest BCUT2D eigenvalue weighted by Gasteiger charge is -2.18. The zero-order valence-corrected chi connectivity index (χ0v) is 13.1. The SMILES string of the molecule is CCn1nnc(NC(=S)NC(=O)c2ccc3c(c2)OCCO3)n1. The molecule has 23 heavy (non-hydrogen) atoms. The number of hydrogen-bond donors (Lipinski definition) is 2. The fourth-order valence-corrected chi connectivity index (χ4v) is 2.10. The summed E-state index contributed by atoms with van der Waals surface area (Å²) in [6.45, 7) is 3.42. The highest BCUT2D eigenvalue weighted by atomic mass is 32.1. The number of ether oxygens (including phenoxy) is 2. The number of hydrogen-bond acceptors (Lipinski definition) is 7. The number of benzene rings is 1. The molecule has 0 unspecified atom stereocenters. The normalized spacial score (nSPS) is 12.6. The molecule has 2 aromatic rings. The summed E-state index contributed by atoms with van der Waals surface area (Å²) in [4.78, 5) is 13.6. The number of amides is 1. The Labute approximate surface area is 137 Å². The molecule has 0 fully saturated rings. The average Bonchev–Trinajstić information content (AvgIpc) is 3.01. The molecular weight excluding hydrogens is 320 g/mol. The van der Waals surface area contributed by atoms with Gasteiger partial charge in [-0.25, -0.2) is 0 Å². The first-order valence-electron chi connectivity index (χ1n) is 6.95. The van der Waals surface area contributed by atoms with Crippen LogP contribution in [0.25, 0.3) is 0 Å². The molecule has 0 bridgehead atoms. The van der Waals surface area contributed by atoms with Crippen LogP contribution in [-0.2, 0) is 6.54 Å². The maximum absolute atomic E-state index is 12.2. The number of rotatable bonds is 3. The topological polar surface area (TPSA) is 103 Å². The molecule has 1 aromatic carbocycles. The summed E-state index contributed by atoms with van der Waals surface area (Å²) in [5.41, 5.74) is 0.406. The molecule has 120 valence electrons. The standard InChI is InChI=1S/C13H14N6O3S/c1-2-19-17-12(16-18-19)15-13(23)14-11(20)8-3-4-9-10(7-8)22-6-5-21-9/h3-4,7H,2,5-6H2,1H3,(H2,14,15,17,20,23). The van der Waals surface area contributed by atoms with E-state index in [4.69, 9.17) is 21.7 Å². The summed E-state index contributed by atoms with van der Waals surface area (Å²) in [5, 5.41) is 16.9. The van der Waals surface area contributed by atoms with E-state index in [0.717, 1.165) is 0 Å². The molecule has 0 saturated carbocycles. The van der Waals surface area contributed by atoms with Gasteiger partial charge in [0.15, 0.2) is 16.6 Å². The van der Waals surface area contributed by atoms with Gasteiger partial charge in [0.1, 0.15) is 13.2 Å². The smallest absolute Gasteiger partial charge is 0.269 e. The Morgan fingerprint density at radius 2 is 2.13 bits per heavy atom. The number of aromatic nitrogens is 4. The molecule has 9 nitrogen and oxygen atoms in total. The molecule has 1 aromatic heterocycles. The van der Waals surface area contributed by atoms with Crippen LogP contribution < -0.4 is 20.1 Å². The summed E-state index contributed by atoms with van der Waals surface area (Å²) in [7, 11) is 0. The predicted octanol–water partition coefficient (Wildman–Crippen LogP) is 0.591. The van der Waals surface area contributed by atoms with E-state index in [1.54, 1.807) is 18.2 Å². The van der Waals surface area contributed by atoms with Crippen LogP contribution >= 0.6 is 12.2 Å². The molecule has 2 heterocycles. The van der Waals surface area contributed by atoms with Crippen LogP contribution in [-0.4, -0.2) is 44.4 Å². The fourth-order valence-electron chi connectivity index (χ4n) is 1.92. The zero-order valence-electron chi connectivity index (χ0n) is 12.3. The number of carbonyl (C=O) groups is 1. The molecule has 1 amide bonds. The largest absolute Gasteiger partial charge is 0.486 e. The Morgan fingerprint density at radius 3 is 2.87 bits per heavy atom. The third-order valence-electron chi connectivity index (χ3n) is 2.99. The fraction of sp³-hybridized carbons (Fsp3) is 0.308. The molecule has 10 heteroatoms. The second-order valence-corrected chi connectivity index (χ2v) is 4.98. The summed E-state index contributed by atoms with van der Waals surface area (Å²) >= 11 is 5.06. The number of nitrogens with zero attached hydrogens (tertiary/aromatic N) is 4. The Bertz CT molecular complexity index is 747. The quantitative estimate of drug-likeness (QED) is 0.786. The van der Waals surface area contributed by atoms with Crippen molar-refractivity contribution in [2.45, 2.75) is 13.5 Å². The van der Waals surface area contributed by atoms with Gasteiger partial charge in [-0.15, -0.1) is 5.10 Å². The van der Waals surface area contributed by atoms with Crippen molar-refractivity contribution >= 4 is 29.2 Å². The van der Waals surface area contributed by atoms with Crippen molar-refractivity contribution in [3.8, 4) is 11.5 Å². The van der Waals surface area contributed by atoms with Crippen molar-refractivity contribution in [2.24, 2.45) is 0 Å². The van der Waals surface area contributed by atoms with E-state index in [2.05, 4.69) is 26.0 Å². The van der Waals surface area contributed by atoms with Crippen LogP contribution in [0.1, 0.15) is 17.3 Å². The Kier molecular flexibility index (Phi) is 4.33. The Balaban J connectivity index is 1.63. The first-order valence-corrected chi connectivity index (χ1v) is 7.36. The van der Waals surface area contributed by atoms with Crippen molar-refractivity contribution < 1.29 is 14.3 Å². The third kappa shape index (κ3) is 3.54. The molecule has 0 aliphatic carbocycles. The van der Waals surface area contributed by atoms with E-state index >= 15 is 0 Å². The van der Waals surface area contributed by atoms with Gasteiger partial charge in [0.2, 0.25) is 0 Å². The van der Waals surface area contributed by atoms with Gasteiger partial charge < -0.3 is 9.47 Å². The van der Waals surface area contributed by atoms with E-state index in [-0.39, 0.29) is 17.0 Å². The molecule has 1 aliphatic rings. The molecular formula is C13H14N6O3S. The first kappa shape index (κ1) is 15.2.